The molecule has 0 saturated carbocycles. The van der Waals surface area contributed by atoms with Crippen LogP contribution in [0.5, 0.6) is 0 Å². The fraction of sp³-hybridized carbons (Fsp3) is 0.100. The van der Waals surface area contributed by atoms with Crippen molar-refractivity contribution in [1.82, 2.24) is 4.98 Å². The molecule has 1 aromatic heterocycles. The summed E-state index contributed by atoms with van der Waals surface area (Å²) >= 11 is 5.88. The second-order valence-corrected chi connectivity index (χ2v) is 3.35. The lowest BCUT2D eigenvalue weighted by Crippen LogP contribution is -1.77. The average molecular weight is 191 g/mol. The van der Waals surface area contributed by atoms with E-state index in [0.717, 1.165) is 16.6 Å². The summed E-state index contributed by atoms with van der Waals surface area (Å²) in [6.07, 6.45) is 0. The number of nitrogens with zero attached hydrogens (tertiary/aromatic N) is 1. The third kappa shape index (κ3) is 1.18. The fourth-order valence-corrected chi connectivity index (χ4v) is 1.64. The molecule has 0 spiro atoms. The Morgan fingerprint density at radius 1 is 1.46 bits per heavy atom. The van der Waals surface area contributed by atoms with Gasteiger partial charge in [0.2, 0.25) is 0 Å². The number of aromatic amines is 1. The van der Waals surface area contributed by atoms with E-state index in [4.69, 9.17) is 16.9 Å². The van der Waals surface area contributed by atoms with Gasteiger partial charge in [-0.05, 0) is 25.1 Å². The summed E-state index contributed by atoms with van der Waals surface area (Å²) in [5, 5.41) is 10.3. The van der Waals surface area contributed by atoms with Crippen LogP contribution in [-0.2, 0) is 0 Å². The van der Waals surface area contributed by atoms with Crippen LogP contribution in [0.2, 0.25) is 5.02 Å². The molecular formula is C10H7ClN2. The monoisotopic (exact) mass is 190 g/mol. The minimum absolute atomic E-state index is 0.508. The highest BCUT2D eigenvalue weighted by atomic mass is 35.5. The Morgan fingerprint density at radius 3 is 2.92 bits per heavy atom. The molecule has 1 N–H and O–H groups in total. The number of H-pyrrole nitrogens is 1. The Bertz CT molecular complexity index is 505. The molecule has 0 saturated heterocycles. The number of benzene rings is 1. The zero-order valence-electron chi connectivity index (χ0n) is 7.06. The summed E-state index contributed by atoms with van der Waals surface area (Å²) in [7, 11) is 0. The van der Waals surface area contributed by atoms with Crippen LogP contribution in [0.4, 0.5) is 0 Å². The van der Waals surface area contributed by atoms with Gasteiger partial charge in [0.25, 0.3) is 0 Å². The summed E-state index contributed by atoms with van der Waals surface area (Å²) in [5.41, 5.74) is 2.54. The largest absolute Gasteiger partial charge is 0.359 e. The summed E-state index contributed by atoms with van der Waals surface area (Å²) in [4.78, 5) is 3.15. The molecule has 0 amide bonds. The lowest BCUT2D eigenvalue weighted by Gasteiger charge is -1.95. The molecule has 0 aliphatic carbocycles. The quantitative estimate of drug-likeness (QED) is 0.682. The molecule has 0 aliphatic heterocycles. The third-order valence-corrected chi connectivity index (χ3v) is 2.31. The molecule has 2 rings (SSSR count). The first-order valence-electron chi connectivity index (χ1n) is 3.90. The first kappa shape index (κ1) is 8.15. The van der Waals surface area contributed by atoms with E-state index in [1.807, 2.05) is 19.1 Å². The zero-order valence-corrected chi connectivity index (χ0v) is 7.81. The van der Waals surface area contributed by atoms with Crippen LogP contribution in [0.15, 0.2) is 18.2 Å². The molecule has 2 nitrogen and oxygen atoms in total. The van der Waals surface area contributed by atoms with Crippen molar-refractivity contribution in [2.75, 3.05) is 0 Å². The summed E-state index contributed by atoms with van der Waals surface area (Å²) < 4.78 is 0. The van der Waals surface area contributed by atoms with E-state index in [2.05, 4.69) is 11.1 Å². The number of nitrogens with one attached hydrogen (secondary N) is 1. The smallest absolute Gasteiger partial charge is 0.101 e. The number of hydrogen-bond acceptors (Lipinski definition) is 1. The first-order chi connectivity index (χ1) is 6.22. The number of nitriles is 1. The molecule has 3 heteroatoms. The second kappa shape index (κ2) is 2.79. The van der Waals surface area contributed by atoms with Gasteiger partial charge in [0, 0.05) is 16.6 Å². The highest BCUT2D eigenvalue weighted by Gasteiger charge is 2.06. The molecule has 0 aliphatic rings. The number of halogens is 1. The molecular weight excluding hydrogens is 184 g/mol. The van der Waals surface area contributed by atoms with E-state index < -0.39 is 0 Å². The Labute approximate surface area is 80.7 Å². The lowest BCUT2D eigenvalue weighted by atomic mass is 10.1. The molecule has 1 aromatic carbocycles. The van der Waals surface area contributed by atoms with Crippen LogP contribution in [-0.4, -0.2) is 4.98 Å². The van der Waals surface area contributed by atoms with Gasteiger partial charge >= 0.3 is 0 Å². The Balaban J connectivity index is 2.93. The van der Waals surface area contributed by atoms with Crippen molar-refractivity contribution in [3.8, 4) is 6.07 Å². The van der Waals surface area contributed by atoms with Gasteiger partial charge in [-0.1, -0.05) is 11.6 Å². The minimum atomic E-state index is 0.508. The maximum atomic E-state index is 8.88. The number of fused-ring (bicyclic) bond motifs is 1. The zero-order chi connectivity index (χ0) is 9.42. The molecule has 0 atom stereocenters. The Morgan fingerprint density at radius 2 is 2.23 bits per heavy atom. The maximum Gasteiger partial charge on any atom is 0.101 e. The van der Waals surface area contributed by atoms with Crippen molar-refractivity contribution in [2.45, 2.75) is 6.92 Å². The number of hydrogen-bond donors (Lipinski definition) is 1. The van der Waals surface area contributed by atoms with E-state index >= 15 is 0 Å². The van der Waals surface area contributed by atoms with Gasteiger partial charge in [-0.3, -0.25) is 0 Å². The van der Waals surface area contributed by atoms with Gasteiger partial charge in [0.05, 0.1) is 10.6 Å². The van der Waals surface area contributed by atoms with Crippen molar-refractivity contribution >= 4 is 22.5 Å². The highest BCUT2D eigenvalue weighted by molar-refractivity contribution is 6.32. The lowest BCUT2D eigenvalue weighted by molar-refractivity contribution is 1.30. The van der Waals surface area contributed by atoms with Crippen LogP contribution < -0.4 is 0 Å². The van der Waals surface area contributed by atoms with Gasteiger partial charge in [0.1, 0.15) is 6.07 Å². The van der Waals surface area contributed by atoms with Crippen molar-refractivity contribution < 1.29 is 0 Å². The normalized spacial score (nSPS) is 10.2. The molecule has 64 valence electrons. The highest BCUT2D eigenvalue weighted by Crippen LogP contribution is 2.25. The first-order valence-corrected chi connectivity index (χ1v) is 4.28. The third-order valence-electron chi connectivity index (χ3n) is 2.00. The van der Waals surface area contributed by atoms with Crippen LogP contribution >= 0.6 is 11.6 Å². The summed E-state index contributed by atoms with van der Waals surface area (Å²) in [6, 6.07) is 7.64. The van der Waals surface area contributed by atoms with Crippen LogP contribution in [0.25, 0.3) is 10.9 Å². The SMILES string of the molecule is Cc1cc2c(C#N)c(Cl)ccc2[nH]1. The van der Waals surface area contributed by atoms with E-state index in [1.165, 1.54) is 0 Å². The molecule has 13 heavy (non-hydrogen) atoms. The average Bonchev–Trinajstić information content (AvgIpc) is 2.45. The number of rotatable bonds is 0. The second-order valence-electron chi connectivity index (χ2n) is 2.95. The Kier molecular flexibility index (Phi) is 1.75. The standard InChI is InChI=1S/C10H7ClN2/c1-6-4-7-8(5-12)9(11)2-3-10(7)13-6/h2-4,13H,1H3. The van der Waals surface area contributed by atoms with E-state index in [0.29, 0.717) is 10.6 Å². The van der Waals surface area contributed by atoms with Crippen molar-refractivity contribution in [3.05, 3.63) is 34.5 Å². The Hall–Kier alpha value is -1.46. The van der Waals surface area contributed by atoms with Gasteiger partial charge in [-0.2, -0.15) is 5.26 Å². The van der Waals surface area contributed by atoms with Crippen molar-refractivity contribution in [1.29, 1.82) is 5.26 Å². The molecule has 0 unspecified atom stereocenters. The van der Waals surface area contributed by atoms with Crippen molar-refractivity contribution in [3.63, 3.8) is 0 Å². The van der Waals surface area contributed by atoms with Gasteiger partial charge < -0.3 is 4.98 Å². The summed E-state index contributed by atoms with van der Waals surface area (Å²) in [5.74, 6) is 0. The summed E-state index contributed by atoms with van der Waals surface area (Å²) in [6.45, 7) is 1.95. The maximum absolute atomic E-state index is 8.88. The minimum Gasteiger partial charge on any atom is -0.359 e. The van der Waals surface area contributed by atoms with Gasteiger partial charge in [0.15, 0.2) is 0 Å². The number of aromatic nitrogens is 1. The molecule has 1 heterocycles. The fourth-order valence-electron chi connectivity index (χ4n) is 1.43. The van der Waals surface area contributed by atoms with E-state index in [9.17, 15) is 0 Å². The predicted octanol–water partition coefficient (Wildman–Crippen LogP) is 3.00. The van der Waals surface area contributed by atoms with E-state index in [1.54, 1.807) is 6.07 Å². The molecule has 0 fully saturated rings. The van der Waals surface area contributed by atoms with Crippen LogP contribution in [0.1, 0.15) is 11.3 Å². The van der Waals surface area contributed by atoms with E-state index in [-0.39, 0.29) is 0 Å². The van der Waals surface area contributed by atoms with Crippen molar-refractivity contribution in [2.24, 2.45) is 0 Å². The molecule has 2 aromatic rings. The number of aryl methyl sites for hydroxylation is 1. The van der Waals surface area contributed by atoms with Gasteiger partial charge in [-0.15, -0.1) is 0 Å². The van der Waals surface area contributed by atoms with Crippen LogP contribution in [0, 0.1) is 18.3 Å². The molecule has 0 bridgehead atoms. The van der Waals surface area contributed by atoms with Gasteiger partial charge in [-0.25, -0.2) is 0 Å². The predicted molar refractivity (Wildman–Crippen MR) is 52.8 cm³/mol. The topological polar surface area (TPSA) is 39.6 Å². The van der Waals surface area contributed by atoms with Crippen LogP contribution in [0.3, 0.4) is 0 Å². The molecule has 0 radical (unpaired) electrons.